The van der Waals surface area contributed by atoms with Gasteiger partial charge in [-0.2, -0.15) is 0 Å². The van der Waals surface area contributed by atoms with E-state index in [1.807, 2.05) is 6.07 Å². The van der Waals surface area contributed by atoms with Crippen LogP contribution in [0.4, 0.5) is 0 Å². The van der Waals surface area contributed by atoms with Gasteiger partial charge in [0.15, 0.2) is 0 Å². The van der Waals surface area contributed by atoms with Crippen LogP contribution in [0.15, 0.2) is 59.5 Å². The van der Waals surface area contributed by atoms with E-state index in [1.54, 1.807) is 30.3 Å². The van der Waals surface area contributed by atoms with Crippen LogP contribution in [0, 0.1) is 0 Å². The van der Waals surface area contributed by atoms with Crippen molar-refractivity contribution in [3.8, 4) is 11.5 Å². The van der Waals surface area contributed by atoms with Gasteiger partial charge in [-0.3, -0.25) is 0 Å². The molecule has 0 aliphatic carbocycles. The molecular weight excluding hydrogens is 263 g/mol. The van der Waals surface area contributed by atoms with Crippen LogP contribution in [-0.4, -0.2) is 13.0 Å². The fourth-order valence-electron chi connectivity index (χ4n) is 1.36. The summed E-state index contributed by atoms with van der Waals surface area (Å²) in [6.07, 6.45) is 0. The van der Waals surface area contributed by atoms with E-state index >= 15 is 0 Å². The molecule has 0 atom stereocenters. The zero-order valence-electron chi connectivity index (χ0n) is 9.74. The van der Waals surface area contributed by atoms with E-state index in [9.17, 15) is 13.0 Å². The minimum absolute atomic E-state index is 0. The van der Waals surface area contributed by atoms with E-state index in [2.05, 4.69) is 0 Å². The van der Waals surface area contributed by atoms with Gasteiger partial charge < -0.3 is 9.29 Å². The summed E-state index contributed by atoms with van der Waals surface area (Å²) in [4.78, 5) is -0.358. The van der Waals surface area contributed by atoms with Gasteiger partial charge in [-0.05, 0) is 24.3 Å². The Morgan fingerprint density at radius 2 is 1.44 bits per heavy atom. The molecule has 88 valence electrons. The maximum atomic E-state index is 11.0. The summed E-state index contributed by atoms with van der Waals surface area (Å²) in [5.41, 5.74) is 0. The summed E-state index contributed by atoms with van der Waals surface area (Å²) in [6.45, 7) is 0. The topological polar surface area (TPSA) is 66.4 Å². The molecule has 0 bridgehead atoms. The van der Waals surface area contributed by atoms with Crippen LogP contribution in [-0.2, 0) is 10.1 Å². The molecule has 0 saturated heterocycles. The minimum atomic E-state index is -4.53. The molecule has 0 aromatic heterocycles. The second kappa shape index (κ2) is 6.36. The first-order valence-corrected chi connectivity index (χ1v) is 6.26. The van der Waals surface area contributed by atoms with Crippen molar-refractivity contribution in [1.29, 1.82) is 0 Å². The first kappa shape index (κ1) is 15.2. The summed E-state index contributed by atoms with van der Waals surface area (Å²) < 4.78 is 38.4. The minimum Gasteiger partial charge on any atom is -0.744 e. The molecule has 0 spiro atoms. The molecule has 6 heteroatoms. The molecule has 2 aromatic rings. The fourth-order valence-corrected chi connectivity index (χ4v) is 1.96. The van der Waals surface area contributed by atoms with Gasteiger partial charge in [0.05, 0.1) is 4.90 Å². The molecule has 18 heavy (non-hydrogen) atoms. The summed E-state index contributed by atoms with van der Waals surface area (Å²) in [6, 6.07) is 14.4. The molecule has 4 nitrogen and oxygen atoms in total. The van der Waals surface area contributed by atoms with Crippen LogP contribution in [0.1, 0.15) is 0 Å². The van der Waals surface area contributed by atoms with Gasteiger partial charge in [0, 0.05) is 0 Å². The smallest absolute Gasteiger partial charge is 0.744 e. The maximum absolute atomic E-state index is 11.0. The number of rotatable bonds is 3. The molecule has 0 N–H and O–H groups in total. The number of ether oxygens (including phenoxy) is 1. The Balaban J connectivity index is 0.00000162. The Kier molecular flexibility index (Phi) is 5.37. The molecule has 2 rings (SSSR count). The zero-order valence-corrected chi connectivity index (χ0v) is 12.6. The third kappa shape index (κ3) is 3.83. The Morgan fingerprint density at radius 3 is 2.06 bits per heavy atom. The second-order valence-corrected chi connectivity index (χ2v) is 4.66. The third-order valence-corrected chi connectivity index (χ3v) is 2.97. The summed E-state index contributed by atoms with van der Waals surface area (Å²) in [5, 5.41) is 0. The van der Waals surface area contributed by atoms with Gasteiger partial charge in [0.1, 0.15) is 21.6 Å². The van der Waals surface area contributed by atoms with Crippen molar-refractivity contribution < 1.29 is 47.3 Å². The SMILES string of the molecule is O=S(=O)([O-])c1ccccc1Oc1ccccc1.[Na+]. The van der Waals surface area contributed by atoms with Gasteiger partial charge in [0.2, 0.25) is 0 Å². The van der Waals surface area contributed by atoms with E-state index in [1.165, 1.54) is 18.2 Å². The maximum Gasteiger partial charge on any atom is 1.00 e. The first-order valence-electron chi connectivity index (χ1n) is 4.85. The van der Waals surface area contributed by atoms with E-state index in [-0.39, 0.29) is 40.2 Å². The molecule has 2 aromatic carbocycles. The van der Waals surface area contributed by atoms with Crippen molar-refractivity contribution in [3.05, 3.63) is 54.6 Å². The number of hydrogen-bond donors (Lipinski definition) is 0. The standard InChI is InChI=1S/C12H10O4S.Na/c13-17(14,15)12-9-5-4-8-11(12)16-10-6-2-1-3-7-10;/h1-9H,(H,13,14,15);/q;+1/p-1. The Hall–Kier alpha value is -0.850. The average molecular weight is 272 g/mol. The van der Waals surface area contributed by atoms with Gasteiger partial charge >= 0.3 is 29.6 Å². The predicted molar refractivity (Wildman–Crippen MR) is 60.9 cm³/mol. The number of benzene rings is 2. The number of hydrogen-bond acceptors (Lipinski definition) is 4. The van der Waals surface area contributed by atoms with E-state index in [0.717, 1.165) is 0 Å². The first-order chi connectivity index (χ1) is 8.07. The Bertz CT molecular complexity index is 611. The van der Waals surface area contributed by atoms with E-state index in [4.69, 9.17) is 4.74 Å². The van der Waals surface area contributed by atoms with Gasteiger partial charge in [-0.15, -0.1) is 0 Å². The van der Waals surface area contributed by atoms with Crippen LogP contribution in [0.3, 0.4) is 0 Å². The van der Waals surface area contributed by atoms with Crippen molar-refractivity contribution in [1.82, 2.24) is 0 Å². The molecule has 0 saturated carbocycles. The van der Waals surface area contributed by atoms with Crippen molar-refractivity contribution >= 4 is 10.1 Å². The van der Waals surface area contributed by atoms with E-state index < -0.39 is 10.1 Å². The quantitative estimate of drug-likeness (QED) is 0.552. The van der Waals surface area contributed by atoms with Crippen LogP contribution >= 0.6 is 0 Å². The Morgan fingerprint density at radius 1 is 0.889 bits per heavy atom. The third-order valence-electron chi connectivity index (χ3n) is 2.09. The van der Waals surface area contributed by atoms with Crippen molar-refractivity contribution in [2.75, 3.05) is 0 Å². The number of para-hydroxylation sites is 2. The van der Waals surface area contributed by atoms with Crippen LogP contribution in [0.2, 0.25) is 0 Å². The fraction of sp³-hybridized carbons (Fsp3) is 0. The molecule has 0 aliphatic heterocycles. The molecule has 0 fully saturated rings. The molecule has 0 unspecified atom stereocenters. The molecule has 0 aliphatic rings. The van der Waals surface area contributed by atoms with Crippen LogP contribution < -0.4 is 34.3 Å². The largest absolute Gasteiger partial charge is 1.00 e. The van der Waals surface area contributed by atoms with Gasteiger partial charge in [0.25, 0.3) is 0 Å². The van der Waals surface area contributed by atoms with Crippen LogP contribution in [0.5, 0.6) is 11.5 Å². The van der Waals surface area contributed by atoms with Crippen molar-refractivity contribution in [2.24, 2.45) is 0 Å². The van der Waals surface area contributed by atoms with E-state index in [0.29, 0.717) is 5.75 Å². The summed E-state index contributed by atoms with van der Waals surface area (Å²) >= 11 is 0. The van der Waals surface area contributed by atoms with Gasteiger partial charge in [-0.25, -0.2) is 8.42 Å². The monoisotopic (exact) mass is 272 g/mol. The predicted octanol–water partition coefficient (Wildman–Crippen LogP) is -0.613. The molecular formula is C12H9NaO4S. The normalized spacial score (nSPS) is 10.5. The second-order valence-electron chi connectivity index (χ2n) is 3.32. The summed E-state index contributed by atoms with van der Waals surface area (Å²) in [7, 11) is -4.53. The average Bonchev–Trinajstić information content (AvgIpc) is 2.30. The zero-order chi connectivity index (χ0) is 12.3. The molecule has 0 radical (unpaired) electrons. The Labute approximate surface area is 128 Å². The summed E-state index contributed by atoms with van der Waals surface area (Å²) in [5.74, 6) is 0.511. The van der Waals surface area contributed by atoms with Gasteiger partial charge in [-0.1, -0.05) is 30.3 Å². The molecule has 0 heterocycles. The van der Waals surface area contributed by atoms with Crippen molar-refractivity contribution in [2.45, 2.75) is 4.90 Å². The van der Waals surface area contributed by atoms with Crippen molar-refractivity contribution in [3.63, 3.8) is 0 Å². The molecule has 0 amide bonds. The van der Waals surface area contributed by atoms with Crippen LogP contribution in [0.25, 0.3) is 0 Å².